The molecule has 0 aliphatic carbocycles. The van der Waals surface area contributed by atoms with E-state index in [0.29, 0.717) is 5.02 Å². The maximum absolute atomic E-state index is 6.22. The van der Waals surface area contributed by atoms with Crippen LogP contribution in [0.3, 0.4) is 0 Å². The molecule has 86 valence electrons. The summed E-state index contributed by atoms with van der Waals surface area (Å²) >= 11 is 6.22. The number of H-pyrrole nitrogens is 1. The molecular formula is C12H15ClN2O. The van der Waals surface area contributed by atoms with Crippen molar-refractivity contribution in [1.82, 2.24) is 4.98 Å². The van der Waals surface area contributed by atoms with Crippen LogP contribution in [0.15, 0.2) is 12.1 Å². The number of aryl methyl sites for hydroxylation is 1. The zero-order valence-electron chi connectivity index (χ0n) is 9.60. The van der Waals surface area contributed by atoms with Gasteiger partial charge < -0.3 is 15.5 Å². The number of hydrogen-bond acceptors (Lipinski definition) is 2. The van der Waals surface area contributed by atoms with Crippen molar-refractivity contribution in [2.75, 3.05) is 7.11 Å². The fourth-order valence-corrected chi connectivity index (χ4v) is 2.39. The number of methoxy groups -OCH3 is 1. The molecule has 16 heavy (non-hydrogen) atoms. The normalized spacial score (nSPS) is 13.1. The average molecular weight is 239 g/mol. The Balaban J connectivity index is 2.87. The summed E-state index contributed by atoms with van der Waals surface area (Å²) < 4.78 is 5.30. The minimum atomic E-state index is -0.0571. The molecule has 2 aromatic rings. The number of hydrogen-bond donors (Lipinski definition) is 2. The number of benzene rings is 1. The van der Waals surface area contributed by atoms with Gasteiger partial charge in [-0.25, -0.2) is 0 Å². The Hall–Kier alpha value is -1.19. The van der Waals surface area contributed by atoms with Gasteiger partial charge in [-0.2, -0.15) is 0 Å². The predicted molar refractivity (Wildman–Crippen MR) is 67.2 cm³/mol. The van der Waals surface area contributed by atoms with Crippen LogP contribution < -0.4 is 10.5 Å². The molecule has 0 bridgehead atoms. The molecule has 0 amide bonds. The minimum absolute atomic E-state index is 0.0571. The lowest BCUT2D eigenvalue weighted by Gasteiger charge is -2.07. The summed E-state index contributed by atoms with van der Waals surface area (Å²) in [6, 6.07) is 3.63. The highest BCUT2D eigenvalue weighted by molar-refractivity contribution is 6.36. The van der Waals surface area contributed by atoms with Crippen LogP contribution in [0.4, 0.5) is 0 Å². The number of aromatic nitrogens is 1. The van der Waals surface area contributed by atoms with Crippen LogP contribution in [-0.2, 0) is 0 Å². The number of nitrogens with two attached hydrogens (primary N) is 1. The van der Waals surface area contributed by atoms with Crippen LogP contribution in [0, 0.1) is 6.92 Å². The first-order chi connectivity index (χ1) is 7.56. The summed E-state index contributed by atoms with van der Waals surface area (Å²) in [5.41, 5.74) is 8.98. The van der Waals surface area contributed by atoms with E-state index in [-0.39, 0.29) is 6.04 Å². The van der Waals surface area contributed by atoms with Crippen molar-refractivity contribution in [3.63, 3.8) is 0 Å². The van der Waals surface area contributed by atoms with Crippen LogP contribution in [0.5, 0.6) is 5.75 Å². The third-order valence-electron chi connectivity index (χ3n) is 2.78. The molecule has 1 aromatic carbocycles. The Morgan fingerprint density at radius 1 is 1.44 bits per heavy atom. The van der Waals surface area contributed by atoms with Gasteiger partial charge in [-0.15, -0.1) is 0 Å². The van der Waals surface area contributed by atoms with Crippen molar-refractivity contribution in [1.29, 1.82) is 0 Å². The van der Waals surface area contributed by atoms with Crippen molar-refractivity contribution in [3.8, 4) is 5.75 Å². The van der Waals surface area contributed by atoms with Gasteiger partial charge in [-0.1, -0.05) is 11.6 Å². The summed E-state index contributed by atoms with van der Waals surface area (Å²) in [5.74, 6) is 0.786. The summed E-state index contributed by atoms with van der Waals surface area (Å²) in [7, 11) is 1.64. The molecule has 1 atom stereocenters. The van der Waals surface area contributed by atoms with Gasteiger partial charge in [0.2, 0.25) is 0 Å². The second kappa shape index (κ2) is 4.00. The van der Waals surface area contributed by atoms with Gasteiger partial charge in [0.05, 0.1) is 17.6 Å². The summed E-state index contributed by atoms with van der Waals surface area (Å²) in [6.07, 6.45) is 0. The number of aromatic amines is 1. The maximum atomic E-state index is 6.22. The highest BCUT2D eigenvalue weighted by Gasteiger charge is 2.17. The first kappa shape index (κ1) is 11.3. The van der Waals surface area contributed by atoms with Crippen LogP contribution in [0.1, 0.15) is 24.2 Å². The zero-order valence-corrected chi connectivity index (χ0v) is 10.4. The van der Waals surface area contributed by atoms with Crippen molar-refractivity contribution < 1.29 is 4.74 Å². The van der Waals surface area contributed by atoms with Crippen molar-refractivity contribution >= 4 is 22.5 Å². The van der Waals surface area contributed by atoms with Gasteiger partial charge in [-0.3, -0.25) is 0 Å². The molecular weight excluding hydrogens is 224 g/mol. The van der Waals surface area contributed by atoms with Gasteiger partial charge in [0.25, 0.3) is 0 Å². The van der Waals surface area contributed by atoms with Gasteiger partial charge in [0.1, 0.15) is 5.75 Å². The fourth-order valence-electron chi connectivity index (χ4n) is 2.13. The molecule has 2 rings (SSSR count). The Morgan fingerprint density at radius 2 is 2.12 bits per heavy atom. The standard InChI is InChI=1S/C12H15ClN2O/c1-6(14)10-7(2)15-12-9(16-3)5-4-8(13)11(10)12/h4-6,15H,14H2,1-3H3. The maximum Gasteiger partial charge on any atom is 0.143 e. The topological polar surface area (TPSA) is 51.0 Å². The van der Waals surface area contributed by atoms with Gasteiger partial charge in [-0.05, 0) is 31.5 Å². The van der Waals surface area contributed by atoms with E-state index in [2.05, 4.69) is 4.98 Å². The number of ether oxygens (including phenoxy) is 1. The molecule has 3 N–H and O–H groups in total. The third-order valence-corrected chi connectivity index (χ3v) is 3.09. The van der Waals surface area contributed by atoms with Gasteiger partial charge in [0.15, 0.2) is 0 Å². The third kappa shape index (κ3) is 1.56. The number of nitrogens with one attached hydrogen (secondary N) is 1. The Morgan fingerprint density at radius 3 is 2.69 bits per heavy atom. The number of halogens is 1. The SMILES string of the molecule is COc1ccc(Cl)c2c(C(C)N)c(C)[nH]c12. The predicted octanol–water partition coefficient (Wildman–Crippen LogP) is 3.16. The Labute approximate surface area is 99.5 Å². The Bertz CT molecular complexity index is 531. The molecule has 1 heterocycles. The number of fused-ring (bicyclic) bond motifs is 1. The summed E-state index contributed by atoms with van der Waals surface area (Å²) in [6.45, 7) is 3.94. The van der Waals surface area contributed by atoms with Gasteiger partial charge >= 0.3 is 0 Å². The van der Waals surface area contributed by atoms with Crippen molar-refractivity contribution in [2.24, 2.45) is 5.73 Å². The van der Waals surface area contributed by atoms with Crippen LogP contribution in [0.25, 0.3) is 10.9 Å². The smallest absolute Gasteiger partial charge is 0.143 e. The van der Waals surface area contributed by atoms with E-state index in [4.69, 9.17) is 22.1 Å². The molecule has 0 spiro atoms. The largest absolute Gasteiger partial charge is 0.495 e. The van der Waals surface area contributed by atoms with Crippen LogP contribution in [-0.4, -0.2) is 12.1 Å². The van der Waals surface area contributed by atoms with E-state index < -0.39 is 0 Å². The van der Waals surface area contributed by atoms with Crippen LogP contribution in [0.2, 0.25) is 5.02 Å². The highest BCUT2D eigenvalue weighted by Crippen LogP contribution is 2.37. The molecule has 1 unspecified atom stereocenters. The monoisotopic (exact) mass is 238 g/mol. The van der Waals surface area contributed by atoms with Crippen molar-refractivity contribution in [2.45, 2.75) is 19.9 Å². The number of rotatable bonds is 2. The second-order valence-electron chi connectivity index (χ2n) is 3.95. The molecule has 0 aliphatic rings. The molecule has 0 aliphatic heterocycles. The lowest BCUT2D eigenvalue weighted by molar-refractivity contribution is 0.419. The molecule has 1 aromatic heterocycles. The summed E-state index contributed by atoms with van der Waals surface area (Å²) in [4.78, 5) is 3.28. The van der Waals surface area contributed by atoms with E-state index in [0.717, 1.165) is 27.9 Å². The molecule has 0 saturated heterocycles. The molecule has 4 heteroatoms. The first-order valence-corrected chi connectivity index (χ1v) is 5.54. The summed E-state index contributed by atoms with van der Waals surface area (Å²) in [5, 5.41) is 1.67. The molecule has 0 fully saturated rings. The van der Waals surface area contributed by atoms with Gasteiger partial charge in [0, 0.05) is 17.1 Å². The minimum Gasteiger partial charge on any atom is -0.495 e. The molecule has 0 radical (unpaired) electrons. The fraction of sp³-hybridized carbons (Fsp3) is 0.333. The molecule has 3 nitrogen and oxygen atoms in total. The van der Waals surface area contributed by atoms with E-state index in [1.165, 1.54) is 0 Å². The van der Waals surface area contributed by atoms with E-state index in [1.807, 2.05) is 26.0 Å². The lowest BCUT2D eigenvalue weighted by Crippen LogP contribution is -2.05. The first-order valence-electron chi connectivity index (χ1n) is 5.16. The quantitative estimate of drug-likeness (QED) is 0.845. The highest BCUT2D eigenvalue weighted by atomic mass is 35.5. The average Bonchev–Trinajstić information content (AvgIpc) is 2.57. The van der Waals surface area contributed by atoms with E-state index in [1.54, 1.807) is 7.11 Å². The second-order valence-corrected chi connectivity index (χ2v) is 4.36. The Kier molecular flexibility index (Phi) is 2.82. The van der Waals surface area contributed by atoms with Crippen molar-refractivity contribution in [3.05, 3.63) is 28.4 Å². The van der Waals surface area contributed by atoms with E-state index in [9.17, 15) is 0 Å². The lowest BCUT2D eigenvalue weighted by atomic mass is 10.0. The zero-order chi connectivity index (χ0) is 11.9. The van der Waals surface area contributed by atoms with Crippen LogP contribution >= 0.6 is 11.6 Å². The molecule has 0 saturated carbocycles. The van der Waals surface area contributed by atoms with E-state index >= 15 is 0 Å².